The first-order chi connectivity index (χ1) is 29.7. The normalized spacial score (nSPS) is 14.6. The van der Waals surface area contributed by atoms with Crippen LogP contribution in [0.4, 0.5) is 0 Å². The van der Waals surface area contributed by atoms with Crippen molar-refractivity contribution in [1.29, 1.82) is 0 Å². The maximum absolute atomic E-state index is 12.6. The molecule has 348 valence electrons. The van der Waals surface area contributed by atoms with E-state index in [2.05, 4.69) is 103 Å². The lowest BCUT2D eigenvalue weighted by Gasteiger charge is -2.20. The van der Waals surface area contributed by atoms with Crippen LogP contribution < -0.4 is 0 Å². The number of phosphoric ester groups is 1. The number of carbonyl (C=O) groups is 2. The second kappa shape index (κ2) is 44.9. The van der Waals surface area contributed by atoms with Crippen molar-refractivity contribution in [2.75, 3.05) is 26.4 Å². The molecule has 0 rings (SSSR count). The Labute approximate surface area is 370 Å². The fourth-order valence-electron chi connectivity index (χ4n) is 5.62. The lowest BCUT2D eigenvalue weighted by atomic mass is 10.1. The van der Waals surface area contributed by atoms with Crippen LogP contribution in [0.1, 0.15) is 168 Å². The summed E-state index contributed by atoms with van der Waals surface area (Å²) in [7, 11) is -4.65. The molecule has 11 heteroatoms. The molecule has 0 amide bonds. The fourth-order valence-corrected chi connectivity index (χ4v) is 6.41. The van der Waals surface area contributed by atoms with Gasteiger partial charge in [0.1, 0.15) is 12.7 Å². The van der Waals surface area contributed by atoms with Gasteiger partial charge in [0, 0.05) is 12.8 Å². The Bertz CT molecular complexity index is 1330. The molecule has 3 N–H and O–H groups in total. The molecule has 61 heavy (non-hydrogen) atoms. The predicted molar refractivity (Wildman–Crippen MR) is 251 cm³/mol. The van der Waals surface area contributed by atoms with Crippen LogP contribution in [0.25, 0.3) is 0 Å². The summed E-state index contributed by atoms with van der Waals surface area (Å²) in [5.41, 5.74) is 0. The molecule has 0 saturated heterocycles. The highest BCUT2D eigenvalue weighted by Gasteiger charge is 2.27. The van der Waals surface area contributed by atoms with Gasteiger partial charge in [-0.3, -0.25) is 18.6 Å². The molecule has 0 aromatic rings. The van der Waals surface area contributed by atoms with Crippen molar-refractivity contribution in [2.24, 2.45) is 0 Å². The smallest absolute Gasteiger partial charge is 0.462 e. The Balaban J connectivity index is 4.44. The van der Waals surface area contributed by atoms with Gasteiger partial charge in [0.25, 0.3) is 0 Å². The SMILES string of the molecule is CCC/C=C/C/C=C/C/C=C/C/C=C/CCCCCC(=O)OC[C@H](COP(=O)(O)OC[C@@H](O)CO)OC(=O)CCC/C=C/C/C=C/C/C=C/C/C=C/CCCCCCCCC. The highest BCUT2D eigenvalue weighted by molar-refractivity contribution is 7.47. The van der Waals surface area contributed by atoms with Crippen LogP contribution in [0.2, 0.25) is 0 Å². The van der Waals surface area contributed by atoms with Crippen molar-refractivity contribution in [1.82, 2.24) is 0 Å². The van der Waals surface area contributed by atoms with E-state index >= 15 is 0 Å². The van der Waals surface area contributed by atoms with Crippen molar-refractivity contribution in [2.45, 2.75) is 180 Å². The van der Waals surface area contributed by atoms with E-state index in [-0.39, 0.29) is 19.4 Å². The highest BCUT2D eigenvalue weighted by Crippen LogP contribution is 2.43. The molecule has 0 fully saturated rings. The first-order valence-corrected chi connectivity index (χ1v) is 24.7. The van der Waals surface area contributed by atoms with Gasteiger partial charge < -0.3 is 24.6 Å². The second-order valence-electron chi connectivity index (χ2n) is 15.1. The van der Waals surface area contributed by atoms with Crippen molar-refractivity contribution in [3.63, 3.8) is 0 Å². The van der Waals surface area contributed by atoms with Crippen molar-refractivity contribution in [3.8, 4) is 0 Å². The van der Waals surface area contributed by atoms with E-state index < -0.39 is 51.8 Å². The Hall–Kier alpha value is -3.11. The first-order valence-electron chi connectivity index (χ1n) is 23.2. The molecule has 1 unspecified atom stereocenters. The molecule has 0 aliphatic carbocycles. The highest BCUT2D eigenvalue weighted by atomic mass is 31.2. The third-order valence-electron chi connectivity index (χ3n) is 9.19. The van der Waals surface area contributed by atoms with E-state index in [9.17, 15) is 24.2 Å². The topological polar surface area (TPSA) is 149 Å². The van der Waals surface area contributed by atoms with Crippen LogP contribution in [0.15, 0.2) is 97.2 Å². The Kier molecular flexibility index (Phi) is 42.6. The lowest BCUT2D eigenvalue weighted by Crippen LogP contribution is -2.29. The molecule has 0 bridgehead atoms. The van der Waals surface area contributed by atoms with Gasteiger partial charge in [-0.1, -0.05) is 162 Å². The maximum atomic E-state index is 12.6. The molecule has 0 radical (unpaired) electrons. The Morgan fingerprint density at radius 2 is 0.902 bits per heavy atom. The van der Waals surface area contributed by atoms with E-state index in [1.54, 1.807) is 0 Å². The van der Waals surface area contributed by atoms with Crippen LogP contribution in [0.5, 0.6) is 0 Å². The third kappa shape index (κ3) is 44.7. The lowest BCUT2D eigenvalue weighted by molar-refractivity contribution is -0.161. The summed E-state index contributed by atoms with van der Waals surface area (Å²) in [5.74, 6) is -1.04. The molecule has 0 heterocycles. The van der Waals surface area contributed by atoms with Gasteiger partial charge in [-0.05, 0) is 89.9 Å². The summed E-state index contributed by atoms with van der Waals surface area (Å²) in [6, 6.07) is 0. The van der Waals surface area contributed by atoms with Crippen LogP contribution >= 0.6 is 7.82 Å². The number of phosphoric acid groups is 1. The monoisotopic (exact) mass is 875 g/mol. The van der Waals surface area contributed by atoms with E-state index in [4.69, 9.17) is 19.1 Å². The summed E-state index contributed by atoms with van der Waals surface area (Å²) >= 11 is 0. The van der Waals surface area contributed by atoms with Crippen LogP contribution in [0.3, 0.4) is 0 Å². The van der Waals surface area contributed by atoms with E-state index in [1.807, 2.05) is 12.2 Å². The molecule has 0 aromatic carbocycles. The number of esters is 2. The molecular weight excluding hydrogens is 792 g/mol. The summed E-state index contributed by atoms with van der Waals surface area (Å²) < 4.78 is 32.7. The van der Waals surface area contributed by atoms with Crippen molar-refractivity contribution < 1.29 is 47.8 Å². The number of hydrogen-bond acceptors (Lipinski definition) is 9. The first kappa shape index (κ1) is 57.9. The van der Waals surface area contributed by atoms with Crippen LogP contribution in [-0.2, 0) is 32.7 Å². The van der Waals surface area contributed by atoms with Crippen LogP contribution in [0, 0.1) is 0 Å². The molecule has 0 aliphatic rings. The third-order valence-corrected chi connectivity index (χ3v) is 10.1. The number of aliphatic hydroxyl groups excluding tert-OH is 2. The van der Waals surface area contributed by atoms with Gasteiger partial charge >= 0.3 is 19.8 Å². The molecule has 0 aromatic heterocycles. The van der Waals surface area contributed by atoms with Gasteiger partial charge in [0.05, 0.1) is 19.8 Å². The fraction of sp³-hybridized carbons (Fsp3) is 0.640. The van der Waals surface area contributed by atoms with Crippen molar-refractivity contribution >= 4 is 19.8 Å². The Morgan fingerprint density at radius 3 is 1.39 bits per heavy atom. The minimum absolute atomic E-state index is 0.0955. The summed E-state index contributed by atoms with van der Waals surface area (Å²) in [6.45, 7) is 2.20. The Morgan fingerprint density at radius 1 is 0.492 bits per heavy atom. The number of carbonyl (C=O) groups excluding carboxylic acids is 2. The van der Waals surface area contributed by atoms with Gasteiger partial charge in [0.2, 0.25) is 0 Å². The van der Waals surface area contributed by atoms with Gasteiger partial charge in [-0.2, -0.15) is 0 Å². The minimum Gasteiger partial charge on any atom is -0.462 e. The largest absolute Gasteiger partial charge is 0.472 e. The standard InChI is InChI=1S/C50H83O10P/c1-3-5-7-9-11-13-15-17-19-21-22-23-24-26-28-30-32-34-36-38-40-42-50(54)60-48(46-59-61(55,56)58-44-47(52)43-51)45-57-49(53)41-39-37-35-33-31-29-27-25-20-18-16-14-12-10-8-6-4-2/h8,10,14,16,19-21,23-25,28-31,34,36,47-48,51-52H,3-7,9,11-13,15,17-18,22,26-27,32-33,35,37-46H2,1-2H3,(H,55,56)/b10-8+,16-14+,21-19+,24-23+,25-20+,30-28+,31-29+,36-34+/t47-,48+/m0/s1. The van der Waals surface area contributed by atoms with Crippen LogP contribution in [-0.4, -0.2) is 65.7 Å². The minimum atomic E-state index is -4.65. The zero-order chi connectivity index (χ0) is 44.8. The quantitative estimate of drug-likeness (QED) is 0.0234. The van der Waals surface area contributed by atoms with E-state index in [0.29, 0.717) is 19.3 Å². The molecule has 10 nitrogen and oxygen atoms in total. The number of ether oxygens (including phenoxy) is 2. The maximum Gasteiger partial charge on any atom is 0.472 e. The molecule has 3 atom stereocenters. The molecule has 0 spiro atoms. The van der Waals surface area contributed by atoms with E-state index in [1.165, 1.54) is 57.8 Å². The second-order valence-corrected chi connectivity index (χ2v) is 16.5. The van der Waals surface area contributed by atoms with Gasteiger partial charge in [-0.15, -0.1) is 0 Å². The zero-order valence-corrected chi connectivity index (χ0v) is 38.7. The van der Waals surface area contributed by atoms with Gasteiger partial charge in [0.15, 0.2) is 6.10 Å². The zero-order valence-electron chi connectivity index (χ0n) is 37.8. The van der Waals surface area contributed by atoms with Gasteiger partial charge in [-0.25, -0.2) is 4.57 Å². The molecular formula is C50H83O10P. The molecule has 0 aliphatic heterocycles. The molecule has 0 saturated carbocycles. The summed E-state index contributed by atoms with van der Waals surface area (Å²) in [6.07, 6.45) is 55.2. The number of allylic oxidation sites excluding steroid dienone is 16. The van der Waals surface area contributed by atoms with Crippen molar-refractivity contribution in [3.05, 3.63) is 97.2 Å². The predicted octanol–water partition coefficient (Wildman–Crippen LogP) is 12.8. The average molecular weight is 875 g/mol. The number of unbranched alkanes of at least 4 members (excludes halogenated alkanes) is 12. The number of rotatable bonds is 42. The summed E-state index contributed by atoms with van der Waals surface area (Å²) in [4.78, 5) is 35.0. The average Bonchev–Trinajstić information content (AvgIpc) is 3.25. The van der Waals surface area contributed by atoms with E-state index in [0.717, 1.165) is 64.2 Å². The summed E-state index contributed by atoms with van der Waals surface area (Å²) in [5, 5.41) is 18.4. The number of aliphatic hydroxyl groups is 2. The number of hydrogen-bond donors (Lipinski definition) is 3.